The fourth-order valence-corrected chi connectivity index (χ4v) is 3.69. The average Bonchev–Trinajstić information content (AvgIpc) is 2.94. The smallest absolute Gasteiger partial charge is 0.162 e. The number of aromatic nitrogens is 4. The van der Waals surface area contributed by atoms with E-state index in [-0.39, 0.29) is 0 Å². The molecule has 0 spiro atoms. The number of hydrogen-bond acceptors (Lipinski definition) is 5. The number of rotatable bonds is 4. The van der Waals surface area contributed by atoms with Crippen molar-refractivity contribution in [1.29, 1.82) is 0 Å². The van der Waals surface area contributed by atoms with Gasteiger partial charge >= 0.3 is 0 Å². The second-order valence-corrected chi connectivity index (χ2v) is 6.88. The van der Waals surface area contributed by atoms with Crippen LogP contribution in [0.1, 0.15) is 54.7 Å². The van der Waals surface area contributed by atoms with Gasteiger partial charge in [-0.25, -0.2) is 9.97 Å². The predicted octanol–water partition coefficient (Wildman–Crippen LogP) is 4.00. The van der Waals surface area contributed by atoms with Gasteiger partial charge in [-0.05, 0) is 44.2 Å². The van der Waals surface area contributed by atoms with E-state index in [1.165, 1.54) is 24.8 Å². The van der Waals surface area contributed by atoms with Crippen molar-refractivity contribution in [2.24, 2.45) is 0 Å². The van der Waals surface area contributed by atoms with E-state index in [1.807, 2.05) is 33.2 Å². The highest BCUT2D eigenvalue weighted by molar-refractivity contribution is 5.93. The van der Waals surface area contributed by atoms with Crippen LogP contribution in [-0.4, -0.2) is 27.0 Å². The highest BCUT2D eigenvalue weighted by atomic mass is 15.0. The third-order valence-electron chi connectivity index (χ3n) is 5.23. The van der Waals surface area contributed by atoms with Crippen molar-refractivity contribution in [1.82, 2.24) is 19.9 Å². The Labute approximate surface area is 153 Å². The van der Waals surface area contributed by atoms with E-state index >= 15 is 0 Å². The number of pyridine rings is 1. The molecular formula is C20H24N6. The summed E-state index contributed by atoms with van der Waals surface area (Å²) >= 11 is 0. The lowest BCUT2D eigenvalue weighted by Crippen LogP contribution is -2.12. The molecule has 0 aromatic carbocycles. The second-order valence-electron chi connectivity index (χ2n) is 6.88. The Balaban J connectivity index is 1.86. The summed E-state index contributed by atoms with van der Waals surface area (Å²) in [5.41, 5.74) is 11.5. The molecule has 1 aliphatic rings. The number of allylic oxidation sites excluding steroid dienone is 1. The van der Waals surface area contributed by atoms with Crippen LogP contribution in [0.5, 0.6) is 0 Å². The molecule has 0 saturated heterocycles. The highest BCUT2D eigenvalue weighted by Gasteiger charge is 2.24. The number of H-pyrrole nitrogens is 1. The number of hydrogen-bond donors (Lipinski definition) is 3. The summed E-state index contributed by atoms with van der Waals surface area (Å²) in [4.78, 5) is 17.2. The Morgan fingerprint density at radius 1 is 1.31 bits per heavy atom. The van der Waals surface area contributed by atoms with E-state index in [0.29, 0.717) is 17.6 Å². The summed E-state index contributed by atoms with van der Waals surface area (Å²) < 4.78 is 0. The third-order valence-corrected chi connectivity index (χ3v) is 5.23. The molecule has 6 heteroatoms. The Kier molecular flexibility index (Phi) is 4.11. The SMILES string of the molecule is C/C=C(/c1nc(N)c2c(C3CCC3)cncc2n1)c1cc(C)[nH]c1NC. The predicted molar refractivity (Wildman–Crippen MR) is 106 cm³/mol. The van der Waals surface area contributed by atoms with Gasteiger partial charge < -0.3 is 16.0 Å². The van der Waals surface area contributed by atoms with Crippen molar-refractivity contribution in [3.63, 3.8) is 0 Å². The second kappa shape index (κ2) is 6.44. The minimum absolute atomic E-state index is 0.534. The van der Waals surface area contributed by atoms with Crippen molar-refractivity contribution in [3.05, 3.63) is 47.2 Å². The van der Waals surface area contributed by atoms with Gasteiger partial charge in [0.25, 0.3) is 0 Å². The summed E-state index contributed by atoms with van der Waals surface area (Å²) in [6, 6.07) is 2.09. The van der Waals surface area contributed by atoms with Crippen molar-refractivity contribution >= 4 is 28.1 Å². The lowest BCUT2D eigenvalue weighted by Gasteiger charge is -2.26. The molecule has 0 aliphatic heterocycles. The summed E-state index contributed by atoms with van der Waals surface area (Å²) in [5, 5.41) is 4.16. The van der Waals surface area contributed by atoms with Crippen LogP contribution in [0, 0.1) is 6.92 Å². The molecule has 0 unspecified atom stereocenters. The Hall–Kier alpha value is -2.89. The van der Waals surface area contributed by atoms with Crippen LogP contribution in [0.15, 0.2) is 24.5 Å². The average molecular weight is 348 g/mol. The van der Waals surface area contributed by atoms with E-state index in [1.54, 1.807) is 6.20 Å². The molecule has 0 atom stereocenters. The fourth-order valence-electron chi connectivity index (χ4n) is 3.69. The zero-order valence-electron chi connectivity index (χ0n) is 15.4. The van der Waals surface area contributed by atoms with Crippen LogP contribution in [0.4, 0.5) is 11.6 Å². The van der Waals surface area contributed by atoms with Gasteiger partial charge in [-0.3, -0.25) is 4.98 Å². The summed E-state index contributed by atoms with van der Waals surface area (Å²) in [7, 11) is 1.90. The number of aromatic amines is 1. The molecule has 1 aliphatic carbocycles. The van der Waals surface area contributed by atoms with Gasteiger partial charge in [-0.15, -0.1) is 0 Å². The first-order valence-corrected chi connectivity index (χ1v) is 9.08. The maximum Gasteiger partial charge on any atom is 0.162 e. The molecule has 6 nitrogen and oxygen atoms in total. The lowest BCUT2D eigenvalue weighted by atomic mass is 9.79. The minimum atomic E-state index is 0.534. The van der Waals surface area contributed by atoms with Crippen LogP contribution in [0.3, 0.4) is 0 Å². The number of nitrogens with two attached hydrogens (primary N) is 1. The van der Waals surface area contributed by atoms with E-state index < -0.39 is 0 Å². The number of fused-ring (bicyclic) bond motifs is 1. The number of anilines is 2. The first-order valence-electron chi connectivity index (χ1n) is 9.08. The van der Waals surface area contributed by atoms with E-state index in [9.17, 15) is 0 Å². The molecule has 1 fully saturated rings. The van der Waals surface area contributed by atoms with Gasteiger partial charge in [0.2, 0.25) is 0 Å². The molecule has 0 bridgehead atoms. The van der Waals surface area contributed by atoms with Gasteiger partial charge in [-0.1, -0.05) is 12.5 Å². The fraction of sp³-hybridized carbons (Fsp3) is 0.350. The number of aryl methyl sites for hydroxylation is 1. The Morgan fingerprint density at radius 2 is 2.12 bits per heavy atom. The van der Waals surface area contributed by atoms with Crippen LogP contribution >= 0.6 is 0 Å². The van der Waals surface area contributed by atoms with E-state index in [0.717, 1.165) is 33.6 Å². The van der Waals surface area contributed by atoms with Crippen LogP contribution < -0.4 is 11.1 Å². The molecule has 26 heavy (non-hydrogen) atoms. The van der Waals surface area contributed by atoms with Crippen LogP contribution in [0.25, 0.3) is 16.5 Å². The van der Waals surface area contributed by atoms with Crippen molar-refractivity contribution in [3.8, 4) is 0 Å². The van der Waals surface area contributed by atoms with E-state index in [2.05, 4.69) is 26.3 Å². The normalized spacial score (nSPS) is 15.3. The highest BCUT2D eigenvalue weighted by Crippen LogP contribution is 2.40. The molecule has 134 valence electrons. The number of nitrogen functional groups attached to an aromatic ring is 1. The maximum atomic E-state index is 6.39. The van der Waals surface area contributed by atoms with Crippen LogP contribution in [-0.2, 0) is 0 Å². The zero-order chi connectivity index (χ0) is 18.3. The van der Waals surface area contributed by atoms with Crippen molar-refractivity contribution in [2.45, 2.75) is 39.0 Å². The Bertz CT molecular complexity index is 997. The standard InChI is InChI=1S/C20H24N6/c1-4-13(14-8-11(2)24-19(14)22-3)20-25-16-10-23-9-15(12-6-5-7-12)17(16)18(21)26-20/h4,8-10,12,22,24H,5-7H2,1-3H3,(H2,21,25,26)/b13-4+. The molecule has 1 saturated carbocycles. The summed E-state index contributed by atoms with van der Waals surface area (Å²) in [5.74, 6) is 2.64. The molecule has 3 aromatic heterocycles. The van der Waals surface area contributed by atoms with E-state index in [4.69, 9.17) is 10.7 Å². The monoisotopic (exact) mass is 348 g/mol. The topological polar surface area (TPSA) is 92.5 Å². The van der Waals surface area contributed by atoms with Crippen molar-refractivity contribution < 1.29 is 0 Å². The Morgan fingerprint density at radius 3 is 2.77 bits per heavy atom. The third kappa shape index (κ3) is 2.62. The van der Waals surface area contributed by atoms with Crippen molar-refractivity contribution in [2.75, 3.05) is 18.1 Å². The molecule has 0 amide bonds. The first-order chi connectivity index (χ1) is 12.6. The quantitative estimate of drug-likeness (QED) is 0.662. The molecule has 3 aromatic rings. The van der Waals surface area contributed by atoms with Gasteiger partial charge in [0, 0.05) is 35.5 Å². The molecule has 4 rings (SSSR count). The van der Waals surface area contributed by atoms with Gasteiger partial charge in [0.15, 0.2) is 5.82 Å². The molecule has 4 N–H and O–H groups in total. The largest absolute Gasteiger partial charge is 0.383 e. The lowest BCUT2D eigenvalue weighted by molar-refractivity contribution is 0.421. The van der Waals surface area contributed by atoms with Gasteiger partial charge in [0.1, 0.15) is 11.6 Å². The minimum Gasteiger partial charge on any atom is -0.383 e. The summed E-state index contributed by atoms with van der Waals surface area (Å²) in [6.45, 7) is 4.02. The van der Waals surface area contributed by atoms with Gasteiger partial charge in [0.05, 0.1) is 11.7 Å². The maximum absolute atomic E-state index is 6.39. The number of nitrogens with zero attached hydrogens (tertiary/aromatic N) is 3. The first kappa shape index (κ1) is 16.6. The molecule has 0 radical (unpaired) electrons. The summed E-state index contributed by atoms with van der Waals surface area (Å²) in [6.07, 6.45) is 9.38. The zero-order valence-corrected chi connectivity index (χ0v) is 15.4. The molecule has 3 heterocycles. The van der Waals surface area contributed by atoms with Gasteiger partial charge in [-0.2, -0.15) is 0 Å². The molecular weight excluding hydrogens is 324 g/mol. The number of nitrogens with one attached hydrogen (secondary N) is 2. The van der Waals surface area contributed by atoms with Crippen LogP contribution in [0.2, 0.25) is 0 Å².